The third-order valence-corrected chi connectivity index (χ3v) is 4.54. The molecular formula is C13H16N2O2S. The smallest absolute Gasteiger partial charge is 0.252 e. The molecule has 1 aliphatic carbocycles. The molecule has 0 unspecified atom stereocenters. The molecule has 2 aliphatic rings. The first-order chi connectivity index (χ1) is 8.71. The van der Waals surface area contributed by atoms with E-state index in [1.807, 2.05) is 16.8 Å². The zero-order chi connectivity index (χ0) is 12.6. The molecule has 1 saturated carbocycles. The number of hydrogen-bond donors (Lipinski definition) is 1. The summed E-state index contributed by atoms with van der Waals surface area (Å²) in [5.41, 5.74) is 0.294. The number of carbonyl (C=O) groups is 2. The average Bonchev–Trinajstić information content (AvgIpc) is 2.98. The van der Waals surface area contributed by atoms with Crippen molar-refractivity contribution in [2.45, 2.75) is 37.6 Å². The highest BCUT2D eigenvalue weighted by Gasteiger charge is 2.46. The SMILES string of the molecule is O=C1CCN(c2ccsc2)C(=O)C2(CCCC2)N1. The zero-order valence-electron chi connectivity index (χ0n) is 10.1. The van der Waals surface area contributed by atoms with E-state index in [0.717, 1.165) is 31.4 Å². The number of anilines is 1. The van der Waals surface area contributed by atoms with Gasteiger partial charge in [0, 0.05) is 18.3 Å². The summed E-state index contributed by atoms with van der Waals surface area (Å²) in [6, 6.07) is 1.95. The van der Waals surface area contributed by atoms with E-state index < -0.39 is 5.54 Å². The highest BCUT2D eigenvalue weighted by atomic mass is 32.1. The van der Waals surface area contributed by atoms with Gasteiger partial charge in [0.15, 0.2) is 0 Å². The van der Waals surface area contributed by atoms with Crippen molar-refractivity contribution in [3.8, 4) is 0 Å². The van der Waals surface area contributed by atoms with Crippen molar-refractivity contribution in [2.24, 2.45) is 0 Å². The molecule has 1 saturated heterocycles. The van der Waals surface area contributed by atoms with E-state index in [1.165, 1.54) is 0 Å². The van der Waals surface area contributed by atoms with Crippen molar-refractivity contribution in [1.29, 1.82) is 0 Å². The van der Waals surface area contributed by atoms with Gasteiger partial charge in [-0.2, -0.15) is 11.3 Å². The fraction of sp³-hybridized carbons (Fsp3) is 0.538. The van der Waals surface area contributed by atoms with E-state index in [-0.39, 0.29) is 11.8 Å². The van der Waals surface area contributed by atoms with E-state index in [2.05, 4.69) is 5.32 Å². The monoisotopic (exact) mass is 264 g/mol. The lowest BCUT2D eigenvalue weighted by Crippen LogP contribution is -2.55. The number of nitrogens with one attached hydrogen (secondary N) is 1. The molecule has 1 N–H and O–H groups in total. The summed E-state index contributed by atoms with van der Waals surface area (Å²) < 4.78 is 0. The summed E-state index contributed by atoms with van der Waals surface area (Å²) in [5, 5.41) is 6.90. The van der Waals surface area contributed by atoms with Crippen LogP contribution >= 0.6 is 11.3 Å². The molecule has 0 aromatic carbocycles. The normalized spacial score (nSPS) is 23.2. The first-order valence-electron chi connectivity index (χ1n) is 6.36. The van der Waals surface area contributed by atoms with Gasteiger partial charge in [0.25, 0.3) is 5.91 Å². The van der Waals surface area contributed by atoms with Crippen LogP contribution in [0.25, 0.3) is 0 Å². The molecule has 5 heteroatoms. The van der Waals surface area contributed by atoms with Gasteiger partial charge < -0.3 is 10.2 Å². The van der Waals surface area contributed by atoms with E-state index in [9.17, 15) is 9.59 Å². The molecule has 4 nitrogen and oxygen atoms in total. The molecule has 96 valence electrons. The summed E-state index contributed by atoms with van der Waals surface area (Å²) in [7, 11) is 0. The van der Waals surface area contributed by atoms with Gasteiger partial charge >= 0.3 is 0 Å². The highest BCUT2D eigenvalue weighted by Crippen LogP contribution is 2.34. The maximum atomic E-state index is 12.7. The molecule has 0 atom stereocenters. The van der Waals surface area contributed by atoms with Crippen LogP contribution in [-0.2, 0) is 9.59 Å². The Hall–Kier alpha value is -1.36. The van der Waals surface area contributed by atoms with Crippen molar-refractivity contribution >= 4 is 28.8 Å². The van der Waals surface area contributed by atoms with E-state index in [4.69, 9.17) is 0 Å². The van der Waals surface area contributed by atoms with Gasteiger partial charge in [-0.05, 0) is 24.3 Å². The van der Waals surface area contributed by atoms with Gasteiger partial charge in [0.2, 0.25) is 5.91 Å². The number of hydrogen-bond acceptors (Lipinski definition) is 3. The summed E-state index contributed by atoms with van der Waals surface area (Å²) in [6.45, 7) is 0.489. The topological polar surface area (TPSA) is 49.4 Å². The highest BCUT2D eigenvalue weighted by molar-refractivity contribution is 7.08. The van der Waals surface area contributed by atoms with Crippen molar-refractivity contribution in [1.82, 2.24) is 5.32 Å². The molecule has 1 aromatic rings. The summed E-state index contributed by atoms with van der Waals surface area (Å²) in [6.07, 6.45) is 3.98. The summed E-state index contributed by atoms with van der Waals surface area (Å²) >= 11 is 1.57. The lowest BCUT2D eigenvalue weighted by molar-refractivity contribution is -0.129. The van der Waals surface area contributed by atoms with Crippen LogP contribution in [0.5, 0.6) is 0 Å². The number of amides is 2. The minimum atomic E-state index is -0.629. The van der Waals surface area contributed by atoms with Gasteiger partial charge in [-0.15, -0.1) is 0 Å². The minimum absolute atomic E-state index is 0.00276. The summed E-state index contributed by atoms with van der Waals surface area (Å²) in [4.78, 5) is 26.3. The van der Waals surface area contributed by atoms with Gasteiger partial charge in [-0.25, -0.2) is 0 Å². The first-order valence-corrected chi connectivity index (χ1v) is 7.31. The van der Waals surface area contributed by atoms with E-state index >= 15 is 0 Å². The van der Waals surface area contributed by atoms with Gasteiger partial charge in [-0.1, -0.05) is 12.8 Å². The standard InChI is InChI=1S/C13H16N2O2S/c16-11-3-7-15(10-4-8-18-9-10)12(17)13(14-11)5-1-2-6-13/h4,8-9H,1-3,5-7H2,(H,14,16). The van der Waals surface area contributed by atoms with Gasteiger partial charge in [-0.3, -0.25) is 9.59 Å². The minimum Gasteiger partial charge on any atom is -0.342 e. The largest absolute Gasteiger partial charge is 0.342 e. The van der Waals surface area contributed by atoms with Crippen LogP contribution in [-0.4, -0.2) is 23.9 Å². The molecule has 2 amide bonds. The summed E-state index contributed by atoms with van der Waals surface area (Å²) in [5.74, 6) is 0.0761. The fourth-order valence-electron chi connectivity index (χ4n) is 2.93. The first kappa shape index (κ1) is 11.7. The Morgan fingerprint density at radius 2 is 2.06 bits per heavy atom. The second-order valence-electron chi connectivity index (χ2n) is 5.03. The van der Waals surface area contributed by atoms with Crippen LogP contribution in [0.1, 0.15) is 32.1 Å². The Balaban J connectivity index is 1.96. The van der Waals surface area contributed by atoms with Crippen LogP contribution in [0.2, 0.25) is 0 Å². The predicted molar refractivity (Wildman–Crippen MR) is 70.6 cm³/mol. The Bertz CT molecular complexity index is 463. The van der Waals surface area contributed by atoms with Crippen molar-refractivity contribution in [3.63, 3.8) is 0 Å². The Morgan fingerprint density at radius 3 is 2.72 bits per heavy atom. The van der Waals surface area contributed by atoms with Crippen molar-refractivity contribution in [2.75, 3.05) is 11.4 Å². The third kappa shape index (κ3) is 1.82. The maximum Gasteiger partial charge on any atom is 0.252 e. The van der Waals surface area contributed by atoms with Crippen molar-refractivity contribution < 1.29 is 9.59 Å². The van der Waals surface area contributed by atoms with E-state index in [1.54, 1.807) is 16.2 Å². The molecule has 2 heterocycles. The molecule has 3 rings (SSSR count). The predicted octanol–water partition coefficient (Wildman–Crippen LogP) is 1.91. The zero-order valence-corrected chi connectivity index (χ0v) is 11.0. The Labute approximate surface area is 110 Å². The van der Waals surface area contributed by atoms with Crippen LogP contribution in [0, 0.1) is 0 Å². The van der Waals surface area contributed by atoms with Crippen LogP contribution in [0.15, 0.2) is 16.8 Å². The van der Waals surface area contributed by atoms with Gasteiger partial charge in [0.1, 0.15) is 5.54 Å². The number of thiophene rings is 1. The molecule has 0 bridgehead atoms. The fourth-order valence-corrected chi connectivity index (χ4v) is 3.57. The number of carbonyl (C=O) groups excluding carboxylic acids is 2. The van der Waals surface area contributed by atoms with Crippen LogP contribution < -0.4 is 10.2 Å². The average molecular weight is 264 g/mol. The Morgan fingerprint density at radius 1 is 1.28 bits per heavy atom. The van der Waals surface area contributed by atoms with Crippen LogP contribution in [0.4, 0.5) is 5.69 Å². The van der Waals surface area contributed by atoms with Crippen molar-refractivity contribution in [3.05, 3.63) is 16.8 Å². The van der Waals surface area contributed by atoms with E-state index in [0.29, 0.717) is 13.0 Å². The number of rotatable bonds is 1. The molecule has 2 fully saturated rings. The Kier molecular flexibility index (Phi) is 2.86. The third-order valence-electron chi connectivity index (χ3n) is 3.87. The lowest BCUT2D eigenvalue weighted by Gasteiger charge is -2.31. The lowest BCUT2D eigenvalue weighted by atomic mass is 9.96. The molecule has 1 aliphatic heterocycles. The second-order valence-corrected chi connectivity index (χ2v) is 5.81. The molecule has 18 heavy (non-hydrogen) atoms. The molecule has 1 aromatic heterocycles. The van der Waals surface area contributed by atoms with Gasteiger partial charge in [0.05, 0.1) is 5.69 Å². The maximum absolute atomic E-state index is 12.7. The second kappa shape index (κ2) is 4.39. The molecule has 0 radical (unpaired) electrons. The number of nitrogens with zero attached hydrogens (tertiary/aromatic N) is 1. The molecule has 1 spiro atoms. The molecular weight excluding hydrogens is 248 g/mol. The van der Waals surface area contributed by atoms with Crippen LogP contribution in [0.3, 0.4) is 0 Å². The quantitative estimate of drug-likeness (QED) is 0.842.